The van der Waals surface area contributed by atoms with Crippen molar-refractivity contribution in [2.45, 2.75) is 6.04 Å². The Bertz CT molecular complexity index is 511. The lowest BCUT2D eigenvalue weighted by molar-refractivity contribution is -0.136. The molecule has 94 valence electrons. The first-order valence-corrected chi connectivity index (χ1v) is 5.22. The van der Waals surface area contributed by atoms with E-state index < -0.39 is 18.0 Å². The van der Waals surface area contributed by atoms with E-state index in [2.05, 4.69) is 15.4 Å². The second kappa shape index (κ2) is 4.87. The summed E-state index contributed by atoms with van der Waals surface area (Å²) in [6.45, 7) is 0. The number of benzene rings is 1. The van der Waals surface area contributed by atoms with Crippen molar-refractivity contribution in [1.82, 2.24) is 10.6 Å². The molecule has 1 aromatic carbocycles. The molecule has 0 saturated heterocycles. The molecule has 2 N–H and O–H groups in total. The van der Waals surface area contributed by atoms with Crippen molar-refractivity contribution >= 4 is 12.0 Å². The first kappa shape index (κ1) is 12.1. The summed E-state index contributed by atoms with van der Waals surface area (Å²) in [6.07, 6.45) is 1.29. The van der Waals surface area contributed by atoms with Gasteiger partial charge in [0, 0.05) is 6.20 Å². The first-order valence-electron chi connectivity index (χ1n) is 5.22. The number of rotatable bonds is 2. The molecule has 1 aromatic rings. The van der Waals surface area contributed by atoms with E-state index >= 15 is 0 Å². The van der Waals surface area contributed by atoms with Gasteiger partial charge in [-0.2, -0.15) is 0 Å². The minimum atomic E-state index is -0.646. The Kier molecular flexibility index (Phi) is 3.27. The number of hydrogen-bond donors (Lipinski definition) is 2. The minimum absolute atomic E-state index is 0.253. The topological polar surface area (TPSA) is 67.4 Å². The molecule has 2 amide bonds. The van der Waals surface area contributed by atoms with Crippen LogP contribution >= 0.6 is 0 Å². The molecular weight excluding hydrogens is 239 g/mol. The molecule has 18 heavy (non-hydrogen) atoms. The Labute approximate surface area is 103 Å². The molecule has 0 spiro atoms. The van der Waals surface area contributed by atoms with Gasteiger partial charge in [-0.05, 0) is 17.7 Å². The largest absolute Gasteiger partial charge is 0.466 e. The van der Waals surface area contributed by atoms with Gasteiger partial charge in [0.25, 0.3) is 0 Å². The van der Waals surface area contributed by atoms with Gasteiger partial charge in [-0.25, -0.2) is 14.0 Å². The summed E-state index contributed by atoms with van der Waals surface area (Å²) >= 11 is 0. The lowest BCUT2D eigenvalue weighted by Crippen LogP contribution is -2.42. The number of methoxy groups -OCH3 is 1. The van der Waals surface area contributed by atoms with Crippen LogP contribution in [0, 0.1) is 5.82 Å². The molecule has 0 saturated carbocycles. The summed E-state index contributed by atoms with van der Waals surface area (Å²) in [5.74, 6) is -0.945. The van der Waals surface area contributed by atoms with Gasteiger partial charge in [0.15, 0.2) is 0 Å². The molecule has 0 bridgehead atoms. The normalized spacial score (nSPS) is 18.4. The van der Waals surface area contributed by atoms with Crippen LogP contribution in [0.1, 0.15) is 11.6 Å². The van der Waals surface area contributed by atoms with Gasteiger partial charge in [-0.3, -0.25) is 0 Å². The fraction of sp³-hybridized carbons (Fsp3) is 0.167. The van der Waals surface area contributed by atoms with Gasteiger partial charge in [-0.15, -0.1) is 0 Å². The van der Waals surface area contributed by atoms with Gasteiger partial charge in [0.1, 0.15) is 5.82 Å². The van der Waals surface area contributed by atoms with E-state index in [0.717, 1.165) is 0 Å². The van der Waals surface area contributed by atoms with Crippen LogP contribution in [-0.4, -0.2) is 19.1 Å². The Morgan fingerprint density at radius 2 is 2.00 bits per heavy atom. The maximum atomic E-state index is 12.8. The van der Waals surface area contributed by atoms with E-state index in [1.165, 1.54) is 37.6 Å². The average Bonchev–Trinajstić information content (AvgIpc) is 2.38. The minimum Gasteiger partial charge on any atom is -0.466 e. The highest BCUT2D eigenvalue weighted by Crippen LogP contribution is 2.24. The smallest absolute Gasteiger partial charge is 0.337 e. The molecule has 1 heterocycles. The molecule has 1 atom stereocenters. The summed E-state index contributed by atoms with van der Waals surface area (Å²) in [5.41, 5.74) is 0.853. The number of ether oxygens (including phenoxy) is 1. The lowest BCUT2D eigenvalue weighted by atomic mass is 9.98. The maximum Gasteiger partial charge on any atom is 0.337 e. The Morgan fingerprint density at radius 1 is 1.33 bits per heavy atom. The average molecular weight is 250 g/mol. The molecule has 1 aliphatic heterocycles. The summed E-state index contributed by atoms with van der Waals surface area (Å²) in [7, 11) is 1.25. The Hall–Kier alpha value is -2.37. The molecule has 0 fully saturated rings. The number of esters is 1. The van der Waals surface area contributed by atoms with Gasteiger partial charge in [-0.1, -0.05) is 12.1 Å². The standard InChI is InChI=1S/C12H11FN2O3/c1-18-11(16)9-6-14-12(17)15-10(9)7-2-4-8(13)5-3-7/h2-6,10H,1H3,(H2,14,15,17). The number of hydrogen-bond acceptors (Lipinski definition) is 3. The summed E-state index contributed by atoms with van der Waals surface area (Å²) in [5, 5.41) is 4.95. The molecular formula is C12H11FN2O3. The van der Waals surface area contributed by atoms with E-state index in [1.54, 1.807) is 0 Å². The van der Waals surface area contributed by atoms with Crippen LogP contribution in [0.2, 0.25) is 0 Å². The van der Waals surface area contributed by atoms with E-state index in [-0.39, 0.29) is 11.4 Å². The van der Waals surface area contributed by atoms with Gasteiger partial charge < -0.3 is 15.4 Å². The van der Waals surface area contributed by atoms with Crippen LogP contribution in [0.4, 0.5) is 9.18 Å². The highest BCUT2D eigenvalue weighted by Gasteiger charge is 2.28. The van der Waals surface area contributed by atoms with Crippen LogP contribution in [0.3, 0.4) is 0 Å². The van der Waals surface area contributed by atoms with Crippen molar-refractivity contribution < 1.29 is 18.7 Å². The van der Waals surface area contributed by atoms with E-state index in [0.29, 0.717) is 5.56 Å². The predicted molar refractivity (Wildman–Crippen MR) is 60.9 cm³/mol. The number of urea groups is 1. The third kappa shape index (κ3) is 2.32. The molecule has 0 aliphatic carbocycles. The molecule has 0 aromatic heterocycles. The van der Waals surface area contributed by atoms with Crippen LogP contribution in [0.15, 0.2) is 36.0 Å². The summed E-state index contributed by atoms with van der Waals surface area (Å²) in [4.78, 5) is 22.8. The summed E-state index contributed by atoms with van der Waals surface area (Å²) in [6, 6.07) is 4.45. The highest BCUT2D eigenvalue weighted by molar-refractivity contribution is 5.93. The van der Waals surface area contributed by atoms with Crippen LogP contribution in [0.5, 0.6) is 0 Å². The fourth-order valence-corrected chi connectivity index (χ4v) is 1.69. The second-order valence-corrected chi connectivity index (χ2v) is 3.69. The van der Waals surface area contributed by atoms with Crippen molar-refractivity contribution in [3.05, 3.63) is 47.4 Å². The second-order valence-electron chi connectivity index (χ2n) is 3.69. The van der Waals surface area contributed by atoms with Crippen molar-refractivity contribution in [3.63, 3.8) is 0 Å². The van der Waals surface area contributed by atoms with E-state index in [4.69, 9.17) is 0 Å². The monoisotopic (exact) mass is 250 g/mol. The predicted octanol–water partition coefficient (Wildman–Crippen LogP) is 1.24. The SMILES string of the molecule is COC(=O)C1=CNC(=O)NC1c1ccc(F)cc1. The zero-order valence-electron chi connectivity index (χ0n) is 9.57. The molecule has 2 rings (SSSR count). The number of carbonyl (C=O) groups excluding carboxylic acids is 2. The highest BCUT2D eigenvalue weighted by atomic mass is 19.1. The van der Waals surface area contributed by atoms with Crippen LogP contribution in [0.25, 0.3) is 0 Å². The number of carbonyl (C=O) groups is 2. The van der Waals surface area contributed by atoms with Crippen LogP contribution < -0.4 is 10.6 Å². The first-order chi connectivity index (χ1) is 8.61. The van der Waals surface area contributed by atoms with Crippen molar-refractivity contribution in [1.29, 1.82) is 0 Å². The molecule has 1 aliphatic rings. The van der Waals surface area contributed by atoms with Gasteiger partial charge in [0.05, 0.1) is 18.7 Å². The maximum absolute atomic E-state index is 12.8. The summed E-state index contributed by atoms with van der Waals surface area (Å²) < 4.78 is 17.5. The molecule has 5 nitrogen and oxygen atoms in total. The zero-order valence-corrected chi connectivity index (χ0v) is 9.57. The zero-order chi connectivity index (χ0) is 13.1. The van der Waals surface area contributed by atoms with Gasteiger partial charge >= 0.3 is 12.0 Å². The quantitative estimate of drug-likeness (QED) is 0.776. The van der Waals surface area contributed by atoms with Gasteiger partial charge in [0.2, 0.25) is 0 Å². The fourth-order valence-electron chi connectivity index (χ4n) is 1.69. The number of amides is 2. The third-order valence-electron chi connectivity index (χ3n) is 2.57. The number of nitrogens with one attached hydrogen (secondary N) is 2. The van der Waals surface area contributed by atoms with Crippen molar-refractivity contribution in [2.75, 3.05) is 7.11 Å². The Morgan fingerprint density at radius 3 is 2.61 bits per heavy atom. The molecule has 6 heteroatoms. The van der Waals surface area contributed by atoms with E-state index in [1.807, 2.05) is 0 Å². The van der Waals surface area contributed by atoms with Crippen molar-refractivity contribution in [3.8, 4) is 0 Å². The lowest BCUT2D eigenvalue weighted by Gasteiger charge is -2.24. The Balaban J connectivity index is 2.36. The number of halogens is 1. The van der Waals surface area contributed by atoms with Crippen LogP contribution in [-0.2, 0) is 9.53 Å². The molecule has 0 radical (unpaired) electrons. The van der Waals surface area contributed by atoms with Crippen molar-refractivity contribution in [2.24, 2.45) is 0 Å². The molecule has 1 unspecified atom stereocenters. The third-order valence-corrected chi connectivity index (χ3v) is 2.57. The van der Waals surface area contributed by atoms with E-state index in [9.17, 15) is 14.0 Å².